The van der Waals surface area contributed by atoms with Crippen molar-refractivity contribution in [1.29, 1.82) is 0 Å². The number of Topliss-reactive ketones (excluding diaryl/α,β-unsaturated/α-hetero) is 1. The second-order valence-electron chi connectivity index (χ2n) is 2.75. The van der Waals surface area contributed by atoms with E-state index in [2.05, 4.69) is 11.6 Å². The van der Waals surface area contributed by atoms with Crippen molar-refractivity contribution in [2.24, 2.45) is 12.0 Å². The van der Waals surface area contributed by atoms with E-state index in [1.807, 2.05) is 7.05 Å². The Labute approximate surface area is 77.1 Å². The molecule has 1 aromatic rings. The summed E-state index contributed by atoms with van der Waals surface area (Å²) < 4.78 is 1.79. The van der Waals surface area contributed by atoms with Crippen LogP contribution in [0.2, 0.25) is 0 Å². The van der Waals surface area contributed by atoms with Crippen molar-refractivity contribution in [1.82, 2.24) is 4.57 Å². The van der Waals surface area contributed by atoms with Gasteiger partial charge in [0.05, 0.1) is 0 Å². The number of ketones is 1. The number of rotatable bonds is 2. The van der Waals surface area contributed by atoms with Gasteiger partial charge in [0.1, 0.15) is 5.49 Å². The molecule has 3 nitrogen and oxygen atoms in total. The minimum Gasteiger partial charge on any atom is -0.335 e. The number of nitrogens with zero attached hydrogens (tertiary/aromatic N) is 2. The fraction of sp³-hybridized carbons (Fsp3) is 0.200. The van der Waals surface area contributed by atoms with Crippen LogP contribution in [0, 0.1) is 0 Å². The third-order valence-electron chi connectivity index (χ3n) is 1.74. The van der Waals surface area contributed by atoms with Crippen LogP contribution in [0.5, 0.6) is 0 Å². The van der Waals surface area contributed by atoms with Crippen molar-refractivity contribution in [2.45, 2.75) is 6.92 Å². The van der Waals surface area contributed by atoms with Crippen molar-refractivity contribution in [3.05, 3.63) is 42.2 Å². The predicted molar refractivity (Wildman–Crippen MR) is 51.2 cm³/mol. The van der Waals surface area contributed by atoms with Crippen LogP contribution in [0.25, 0.3) is 0 Å². The summed E-state index contributed by atoms with van der Waals surface area (Å²) in [5.74, 6) is 0.0563. The number of aryl methyl sites for hydroxylation is 1. The molecule has 0 amide bonds. The van der Waals surface area contributed by atoms with Crippen LogP contribution in [-0.4, -0.2) is 10.4 Å². The highest BCUT2D eigenvalue weighted by molar-refractivity contribution is 5.93. The second kappa shape index (κ2) is 3.85. The summed E-state index contributed by atoms with van der Waals surface area (Å²) in [4.78, 5) is 15.0. The Morgan fingerprint density at radius 1 is 1.62 bits per heavy atom. The quantitative estimate of drug-likeness (QED) is 0.625. The van der Waals surface area contributed by atoms with E-state index in [1.54, 1.807) is 29.8 Å². The zero-order valence-electron chi connectivity index (χ0n) is 7.82. The van der Waals surface area contributed by atoms with Gasteiger partial charge in [0.15, 0.2) is 5.78 Å². The maximum atomic E-state index is 11.0. The fourth-order valence-corrected chi connectivity index (χ4v) is 1.04. The standard InChI is InChI=1S/C10H12N2O/c1-4-11-10-6-5-9(8(2)13)7-12(10)3/h4-7H,1H2,2-3H3. The third-order valence-corrected chi connectivity index (χ3v) is 1.74. The van der Waals surface area contributed by atoms with E-state index in [1.165, 1.54) is 6.20 Å². The first-order chi connectivity index (χ1) is 6.15. The van der Waals surface area contributed by atoms with Crippen molar-refractivity contribution in [3.63, 3.8) is 0 Å². The minimum atomic E-state index is 0.0563. The molecule has 0 aromatic carbocycles. The van der Waals surface area contributed by atoms with Crippen LogP contribution >= 0.6 is 0 Å². The highest BCUT2D eigenvalue weighted by Gasteiger charge is 1.98. The van der Waals surface area contributed by atoms with E-state index >= 15 is 0 Å². The number of hydrogen-bond acceptors (Lipinski definition) is 2. The first-order valence-corrected chi connectivity index (χ1v) is 3.97. The van der Waals surface area contributed by atoms with E-state index in [4.69, 9.17) is 0 Å². The summed E-state index contributed by atoms with van der Waals surface area (Å²) in [5.41, 5.74) is 1.46. The molecule has 0 radical (unpaired) electrons. The maximum Gasteiger partial charge on any atom is 0.161 e. The minimum absolute atomic E-state index is 0.0563. The van der Waals surface area contributed by atoms with Crippen LogP contribution in [0.1, 0.15) is 17.3 Å². The molecule has 0 aliphatic rings. The summed E-state index contributed by atoms with van der Waals surface area (Å²) in [7, 11) is 1.84. The van der Waals surface area contributed by atoms with Gasteiger partial charge in [0.25, 0.3) is 0 Å². The number of carbonyl (C=O) groups excluding carboxylic acids is 1. The Morgan fingerprint density at radius 2 is 2.31 bits per heavy atom. The molecule has 0 saturated heterocycles. The van der Waals surface area contributed by atoms with Gasteiger partial charge in [0, 0.05) is 25.0 Å². The van der Waals surface area contributed by atoms with Crippen LogP contribution in [0.3, 0.4) is 0 Å². The van der Waals surface area contributed by atoms with Crippen molar-refractivity contribution >= 4 is 5.78 Å². The Bertz CT molecular complexity index is 402. The lowest BCUT2D eigenvalue weighted by Gasteiger charge is -2.01. The van der Waals surface area contributed by atoms with E-state index < -0.39 is 0 Å². The Morgan fingerprint density at radius 3 is 2.77 bits per heavy atom. The van der Waals surface area contributed by atoms with E-state index in [0.29, 0.717) is 5.56 Å². The molecule has 13 heavy (non-hydrogen) atoms. The maximum absolute atomic E-state index is 11.0. The average Bonchev–Trinajstić information content (AvgIpc) is 2.08. The van der Waals surface area contributed by atoms with E-state index in [9.17, 15) is 4.79 Å². The molecule has 0 aliphatic carbocycles. The molecule has 0 bridgehead atoms. The zero-order chi connectivity index (χ0) is 9.84. The normalized spacial score (nSPS) is 11.4. The number of hydrogen-bond donors (Lipinski definition) is 0. The predicted octanol–water partition coefficient (Wildman–Crippen LogP) is 1.27. The summed E-state index contributed by atoms with van der Waals surface area (Å²) in [6.45, 7) is 5.05. The molecule has 0 saturated carbocycles. The molecule has 0 N–H and O–H groups in total. The Hall–Kier alpha value is -1.64. The topological polar surface area (TPSA) is 34.4 Å². The van der Waals surface area contributed by atoms with E-state index in [-0.39, 0.29) is 5.78 Å². The van der Waals surface area contributed by atoms with Crippen molar-refractivity contribution in [2.75, 3.05) is 0 Å². The highest BCUT2D eigenvalue weighted by atomic mass is 16.1. The van der Waals surface area contributed by atoms with Crippen molar-refractivity contribution < 1.29 is 4.79 Å². The van der Waals surface area contributed by atoms with Gasteiger partial charge in [-0.25, -0.2) is 4.99 Å². The summed E-state index contributed by atoms with van der Waals surface area (Å²) in [6.07, 6.45) is 3.23. The fourth-order valence-electron chi connectivity index (χ4n) is 1.04. The van der Waals surface area contributed by atoms with Gasteiger partial charge < -0.3 is 4.57 Å². The molecule has 0 aliphatic heterocycles. The summed E-state index contributed by atoms with van der Waals surface area (Å²) in [6, 6.07) is 3.54. The van der Waals surface area contributed by atoms with Crippen LogP contribution in [0.15, 0.2) is 36.1 Å². The molecular weight excluding hydrogens is 164 g/mol. The molecule has 68 valence electrons. The Balaban J connectivity index is 3.28. The summed E-state index contributed by atoms with van der Waals surface area (Å²) >= 11 is 0. The molecule has 1 aromatic heterocycles. The van der Waals surface area contributed by atoms with Gasteiger partial charge >= 0.3 is 0 Å². The largest absolute Gasteiger partial charge is 0.335 e. The molecule has 1 heterocycles. The second-order valence-corrected chi connectivity index (χ2v) is 2.75. The van der Waals surface area contributed by atoms with Gasteiger partial charge in [-0.15, -0.1) is 0 Å². The summed E-state index contributed by atoms with van der Waals surface area (Å²) in [5, 5.41) is 0. The van der Waals surface area contributed by atoms with Gasteiger partial charge in [-0.05, 0) is 19.1 Å². The smallest absolute Gasteiger partial charge is 0.161 e. The lowest BCUT2D eigenvalue weighted by Crippen LogP contribution is -2.17. The lowest BCUT2D eigenvalue weighted by molar-refractivity contribution is 0.101. The first kappa shape index (κ1) is 9.45. The van der Waals surface area contributed by atoms with Gasteiger partial charge in [-0.1, -0.05) is 6.58 Å². The lowest BCUT2D eigenvalue weighted by atomic mass is 10.2. The van der Waals surface area contributed by atoms with Crippen LogP contribution in [-0.2, 0) is 7.05 Å². The van der Waals surface area contributed by atoms with Crippen LogP contribution < -0.4 is 5.49 Å². The molecule has 1 rings (SSSR count). The van der Waals surface area contributed by atoms with Crippen molar-refractivity contribution in [3.8, 4) is 0 Å². The molecular formula is C10H12N2O. The van der Waals surface area contributed by atoms with Gasteiger partial charge in [-0.3, -0.25) is 4.79 Å². The zero-order valence-corrected chi connectivity index (χ0v) is 7.82. The first-order valence-electron chi connectivity index (χ1n) is 3.97. The molecule has 0 spiro atoms. The molecule has 0 fully saturated rings. The van der Waals surface area contributed by atoms with Gasteiger partial charge in [0.2, 0.25) is 0 Å². The molecule has 0 atom stereocenters. The van der Waals surface area contributed by atoms with Crippen LogP contribution in [0.4, 0.5) is 0 Å². The number of aromatic nitrogens is 1. The molecule has 3 heteroatoms. The third kappa shape index (κ3) is 2.15. The SMILES string of the molecule is C=CN=c1ccc(C(C)=O)cn1C. The highest BCUT2D eigenvalue weighted by Crippen LogP contribution is 1.95. The van der Waals surface area contributed by atoms with E-state index in [0.717, 1.165) is 5.49 Å². The number of pyridine rings is 1. The van der Waals surface area contributed by atoms with Gasteiger partial charge in [-0.2, -0.15) is 0 Å². The molecule has 0 unspecified atom stereocenters. The Kier molecular flexibility index (Phi) is 2.80. The monoisotopic (exact) mass is 176 g/mol. The average molecular weight is 176 g/mol. The number of carbonyl (C=O) groups is 1.